The van der Waals surface area contributed by atoms with Crippen molar-refractivity contribution in [3.63, 3.8) is 0 Å². The fourth-order valence-corrected chi connectivity index (χ4v) is 2.22. The summed E-state index contributed by atoms with van der Waals surface area (Å²) >= 11 is 0. The Morgan fingerprint density at radius 2 is 2.30 bits per heavy atom. The second-order valence-electron chi connectivity index (χ2n) is 6.11. The average molecular weight is 278 g/mol. The lowest BCUT2D eigenvalue weighted by molar-refractivity contribution is -0.122. The minimum Gasteiger partial charge on any atom is -0.494 e. The normalized spacial score (nSPS) is 25.2. The minimum absolute atomic E-state index is 0.0985. The molecule has 3 N–H and O–H groups in total. The number of nitrogens with one attached hydrogen (secondary N) is 1. The molecule has 1 amide bonds. The van der Waals surface area contributed by atoms with Crippen molar-refractivity contribution in [1.82, 2.24) is 5.32 Å². The lowest BCUT2D eigenvalue weighted by atomic mass is 9.92. The van der Waals surface area contributed by atoms with Gasteiger partial charge in [0.2, 0.25) is 5.91 Å². The molecule has 0 aromatic heterocycles. The molecule has 1 atom stereocenters. The van der Waals surface area contributed by atoms with E-state index in [1.807, 2.05) is 19.1 Å². The predicted molar refractivity (Wildman–Crippen MR) is 80.0 cm³/mol. The Morgan fingerprint density at radius 3 is 2.90 bits per heavy atom. The molecule has 0 aromatic rings. The third kappa shape index (κ3) is 5.00. The van der Waals surface area contributed by atoms with Crippen LogP contribution in [0.2, 0.25) is 0 Å². The summed E-state index contributed by atoms with van der Waals surface area (Å²) in [5, 5.41) is 3.09. The maximum atomic E-state index is 11.9. The molecule has 0 heterocycles. The van der Waals surface area contributed by atoms with E-state index in [4.69, 9.17) is 10.5 Å². The molecule has 1 fully saturated rings. The first-order valence-corrected chi connectivity index (χ1v) is 7.64. The number of amides is 1. The van der Waals surface area contributed by atoms with Gasteiger partial charge in [0, 0.05) is 6.42 Å². The van der Waals surface area contributed by atoms with E-state index in [0.29, 0.717) is 13.0 Å². The lowest BCUT2D eigenvalue weighted by Crippen LogP contribution is -2.44. The molecule has 0 aromatic carbocycles. The summed E-state index contributed by atoms with van der Waals surface area (Å²) in [5.74, 6) is 1.80. The van der Waals surface area contributed by atoms with E-state index in [-0.39, 0.29) is 11.4 Å². The number of unbranched alkanes of at least 4 members (excludes halogenated alkanes) is 1. The van der Waals surface area contributed by atoms with Crippen LogP contribution in [0.15, 0.2) is 24.0 Å². The Balaban J connectivity index is 1.72. The maximum absolute atomic E-state index is 11.9. The largest absolute Gasteiger partial charge is 0.494 e. The van der Waals surface area contributed by atoms with Crippen LogP contribution in [0.3, 0.4) is 0 Å². The molecule has 0 spiro atoms. The molecule has 0 radical (unpaired) electrons. The van der Waals surface area contributed by atoms with Gasteiger partial charge >= 0.3 is 0 Å². The van der Waals surface area contributed by atoms with Crippen molar-refractivity contribution >= 4 is 5.91 Å². The van der Waals surface area contributed by atoms with E-state index in [0.717, 1.165) is 37.5 Å². The first-order valence-electron chi connectivity index (χ1n) is 7.64. The lowest BCUT2D eigenvalue weighted by Gasteiger charge is -2.29. The Hall–Kier alpha value is -1.29. The predicted octanol–water partition coefficient (Wildman–Crippen LogP) is 2.26. The third-order valence-corrected chi connectivity index (χ3v) is 3.81. The third-order valence-electron chi connectivity index (χ3n) is 3.81. The van der Waals surface area contributed by atoms with Crippen LogP contribution >= 0.6 is 0 Å². The van der Waals surface area contributed by atoms with E-state index in [2.05, 4.69) is 11.4 Å². The van der Waals surface area contributed by atoms with E-state index in [1.54, 1.807) is 0 Å². The summed E-state index contributed by atoms with van der Waals surface area (Å²) in [5.41, 5.74) is 5.14. The summed E-state index contributed by atoms with van der Waals surface area (Å²) in [6.07, 6.45) is 11.8. The van der Waals surface area contributed by atoms with Crippen LogP contribution in [-0.2, 0) is 9.53 Å². The summed E-state index contributed by atoms with van der Waals surface area (Å²) in [6, 6.07) is 0. The zero-order valence-electron chi connectivity index (χ0n) is 12.4. The van der Waals surface area contributed by atoms with Crippen LogP contribution < -0.4 is 11.1 Å². The summed E-state index contributed by atoms with van der Waals surface area (Å²) in [7, 11) is 0. The second-order valence-corrected chi connectivity index (χ2v) is 6.11. The molecule has 2 aliphatic rings. The van der Waals surface area contributed by atoms with Gasteiger partial charge in [-0.3, -0.25) is 4.79 Å². The van der Waals surface area contributed by atoms with E-state index < -0.39 is 0 Å². The standard InChI is InChI=1S/C16H26N2O2/c1-16(18-15(19)4-2-3-11-17)9-7-14(8-10-16)20-12-13-5-6-13/h7-9,13H,2-6,10-12,17H2,1H3,(H,18,19). The Morgan fingerprint density at radius 1 is 1.50 bits per heavy atom. The number of nitrogens with two attached hydrogens (primary N) is 1. The van der Waals surface area contributed by atoms with Crippen molar-refractivity contribution in [1.29, 1.82) is 0 Å². The maximum Gasteiger partial charge on any atom is 0.220 e. The van der Waals surface area contributed by atoms with Gasteiger partial charge in [-0.15, -0.1) is 0 Å². The molecule has 1 saturated carbocycles. The smallest absolute Gasteiger partial charge is 0.220 e. The topological polar surface area (TPSA) is 64.4 Å². The summed E-state index contributed by atoms with van der Waals surface area (Å²) in [4.78, 5) is 11.9. The Labute approximate surface area is 121 Å². The van der Waals surface area contributed by atoms with Crippen molar-refractivity contribution in [3.05, 3.63) is 24.0 Å². The highest BCUT2D eigenvalue weighted by molar-refractivity contribution is 5.77. The number of carbonyl (C=O) groups is 1. The highest BCUT2D eigenvalue weighted by atomic mass is 16.5. The first kappa shape index (κ1) is 15.1. The molecule has 4 heteroatoms. The van der Waals surface area contributed by atoms with Gasteiger partial charge in [-0.2, -0.15) is 0 Å². The number of rotatable bonds is 8. The van der Waals surface area contributed by atoms with Crippen molar-refractivity contribution < 1.29 is 9.53 Å². The molecule has 20 heavy (non-hydrogen) atoms. The van der Waals surface area contributed by atoms with Gasteiger partial charge in [0.15, 0.2) is 0 Å². The highest BCUT2D eigenvalue weighted by Gasteiger charge is 2.26. The quantitative estimate of drug-likeness (QED) is 0.669. The van der Waals surface area contributed by atoms with Gasteiger partial charge < -0.3 is 15.8 Å². The van der Waals surface area contributed by atoms with Crippen LogP contribution in [-0.4, -0.2) is 24.6 Å². The van der Waals surface area contributed by atoms with E-state index >= 15 is 0 Å². The number of carbonyl (C=O) groups excluding carboxylic acids is 1. The van der Waals surface area contributed by atoms with E-state index in [9.17, 15) is 4.79 Å². The van der Waals surface area contributed by atoms with Crippen molar-refractivity contribution in [2.75, 3.05) is 13.2 Å². The second kappa shape index (κ2) is 6.93. The highest BCUT2D eigenvalue weighted by Crippen LogP contribution is 2.30. The molecule has 2 rings (SSSR count). The summed E-state index contributed by atoms with van der Waals surface area (Å²) in [6.45, 7) is 3.52. The van der Waals surface area contributed by atoms with Gasteiger partial charge in [0.1, 0.15) is 5.76 Å². The molecular formula is C16H26N2O2. The molecule has 0 aliphatic heterocycles. The van der Waals surface area contributed by atoms with Crippen LogP contribution in [0.5, 0.6) is 0 Å². The summed E-state index contributed by atoms with van der Waals surface area (Å²) < 4.78 is 5.73. The number of hydrogen-bond acceptors (Lipinski definition) is 3. The molecular weight excluding hydrogens is 252 g/mol. The Kier molecular flexibility index (Phi) is 5.24. The molecule has 112 valence electrons. The molecule has 1 unspecified atom stereocenters. The van der Waals surface area contributed by atoms with Gasteiger partial charge in [-0.05, 0) is 63.6 Å². The zero-order chi connectivity index (χ0) is 14.4. The number of hydrogen-bond donors (Lipinski definition) is 2. The molecule has 4 nitrogen and oxygen atoms in total. The molecule has 2 aliphatic carbocycles. The monoisotopic (exact) mass is 278 g/mol. The van der Waals surface area contributed by atoms with Crippen LogP contribution in [0.25, 0.3) is 0 Å². The molecule has 0 saturated heterocycles. The fraction of sp³-hybridized carbons (Fsp3) is 0.688. The van der Waals surface area contributed by atoms with Crippen molar-refractivity contribution in [2.45, 2.75) is 51.0 Å². The van der Waals surface area contributed by atoms with Crippen molar-refractivity contribution in [3.8, 4) is 0 Å². The fourth-order valence-electron chi connectivity index (χ4n) is 2.22. The van der Waals surface area contributed by atoms with Crippen molar-refractivity contribution in [2.24, 2.45) is 11.7 Å². The number of ether oxygens (including phenoxy) is 1. The van der Waals surface area contributed by atoms with Crippen LogP contribution in [0.4, 0.5) is 0 Å². The molecule has 0 bridgehead atoms. The van der Waals surface area contributed by atoms with Crippen LogP contribution in [0, 0.1) is 5.92 Å². The number of allylic oxidation sites excluding steroid dienone is 1. The van der Waals surface area contributed by atoms with Crippen LogP contribution in [0.1, 0.15) is 45.4 Å². The first-order chi connectivity index (χ1) is 9.61. The van der Waals surface area contributed by atoms with E-state index in [1.165, 1.54) is 12.8 Å². The average Bonchev–Trinajstić information content (AvgIpc) is 3.22. The van der Waals surface area contributed by atoms with Gasteiger partial charge in [-0.1, -0.05) is 6.08 Å². The van der Waals surface area contributed by atoms with Gasteiger partial charge in [0.05, 0.1) is 12.1 Å². The SMILES string of the molecule is CC1(NC(=O)CCCCN)C=CC(OCC2CC2)=CC1. The minimum atomic E-state index is -0.285. The van der Waals surface area contributed by atoms with Gasteiger partial charge in [-0.25, -0.2) is 0 Å². The Bertz CT molecular complexity index is 399. The van der Waals surface area contributed by atoms with Gasteiger partial charge in [0.25, 0.3) is 0 Å². The zero-order valence-corrected chi connectivity index (χ0v) is 12.4.